The molecule has 1 aromatic rings. The topological polar surface area (TPSA) is 74.8 Å². The number of hydrogen-bond donors (Lipinski definition) is 0. The first-order valence-corrected chi connectivity index (χ1v) is 12.7. The maximum absolute atomic E-state index is 13.2. The molecule has 3 aliphatic rings. The minimum atomic E-state index is -3.16. The number of sulfone groups is 1. The Morgan fingerprint density at radius 2 is 2.04 bits per heavy atom. The van der Waals surface area contributed by atoms with Crippen LogP contribution in [-0.4, -0.2) is 53.5 Å². The van der Waals surface area contributed by atoms with E-state index in [2.05, 4.69) is 15.9 Å². The maximum Gasteiger partial charge on any atom is 0.267 e. The quantitative estimate of drug-likeness (QED) is 0.469. The lowest BCUT2D eigenvalue weighted by atomic mass is 10.1. The molecule has 10 heteroatoms. The molecule has 2 fully saturated rings. The number of hydrogen-bond acceptors (Lipinski definition) is 6. The molecule has 3 heterocycles. The van der Waals surface area contributed by atoms with E-state index in [1.165, 1.54) is 4.90 Å². The van der Waals surface area contributed by atoms with Crippen molar-refractivity contribution in [2.24, 2.45) is 0 Å². The highest BCUT2D eigenvalue weighted by Gasteiger charge is 2.46. The summed E-state index contributed by atoms with van der Waals surface area (Å²) in [7, 11) is -3.16. The molecule has 0 saturated carbocycles. The third-order valence-electron chi connectivity index (χ3n) is 5.02. The van der Waals surface area contributed by atoms with Crippen LogP contribution in [0.3, 0.4) is 0 Å². The number of halogens is 1. The van der Waals surface area contributed by atoms with Crippen molar-refractivity contribution in [2.75, 3.05) is 23.0 Å². The number of carbonyl (C=O) groups excluding carboxylic acids is 2. The van der Waals surface area contributed by atoms with E-state index >= 15 is 0 Å². The first kappa shape index (κ1) is 20.1. The number of anilines is 1. The summed E-state index contributed by atoms with van der Waals surface area (Å²) in [5.74, 6) is -0.612. The molecule has 28 heavy (non-hydrogen) atoms. The van der Waals surface area contributed by atoms with E-state index in [4.69, 9.17) is 12.2 Å². The molecule has 2 saturated heterocycles. The van der Waals surface area contributed by atoms with Crippen LogP contribution in [0.15, 0.2) is 27.6 Å². The van der Waals surface area contributed by atoms with Gasteiger partial charge in [-0.1, -0.05) is 46.8 Å². The summed E-state index contributed by atoms with van der Waals surface area (Å²) in [6, 6.07) is 5.11. The van der Waals surface area contributed by atoms with Gasteiger partial charge in [-0.3, -0.25) is 14.5 Å². The fraction of sp³-hybridized carbons (Fsp3) is 0.389. The van der Waals surface area contributed by atoms with Crippen molar-refractivity contribution >= 4 is 77.1 Å². The molecule has 0 unspecified atom stereocenters. The molecule has 1 aromatic carbocycles. The number of fused-ring (bicyclic) bond motifs is 1. The SMILES string of the molecule is CCCN1C(=O)/C(=C2\SC(=S)N([C@H]3CCS(=O)(=O)C3)C2=O)c2cc(Br)ccc21. The molecule has 6 nitrogen and oxygen atoms in total. The Balaban J connectivity index is 1.79. The van der Waals surface area contributed by atoms with Crippen molar-refractivity contribution in [1.82, 2.24) is 4.90 Å². The van der Waals surface area contributed by atoms with Crippen LogP contribution in [0.5, 0.6) is 0 Å². The Morgan fingerprint density at radius 1 is 1.29 bits per heavy atom. The van der Waals surface area contributed by atoms with Crippen molar-refractivity contribution in [3.05, 3.63) is 33.1 Å². The first-order chi connectivity index (χ1) is 13.2. The van der Waals surface area contributed by atoms with Gasteiger partial charge in [-0.25, -0.2) is 8.42 Å². The molecule has 2 amide bonds. The maximum atomic E-state index is 13.2. The van der Waals surface area contributed by atoms with Gasteiger partial charge in [-0.2, -0.15) is 0 Å². The summed E-state index contributed by atoms with van der Waals surface area (Å²) in [5.41, 5.74) is 1.83. The monoisotopic (exact) mass is 500 g/mol. The fourth-order valence-corrected chi connectivity index (χ4v) is 7.33. The molecular formula is C18H17BrN2O4S3. The summed E-state index contributed by atoms with van der Waals surface area (Å²) >= 11 is 9.92. The average Bonchev–Trinajstić information content (AvgIpc) is 3.20. The number of carbonyl (C=O) groups is 2. The van der Waals surface area contributed by atoms with Crippen LogP contribution in [-0.2, 0) is 19.4 Å². The Morgan fingerprint density at radius 3 is 2.68 bits per heavy atom. The highest BCUT2D eigenvalue weighted by atomic mass is 79.9. The van der Waals surface area contributed by atoms with Crippen molar-refractivity contribution in [3.63, 3.8) is 0 Å². The van der Waals surface area contributed by atoms with Gasteiger partial charge in [0, 0.05) is 16.6 Å². The Hall–Kier alpha value is -1.23. The van der Waals surface area contributed by atoms with Gasteiger partial charge >= 0.3 is 0 Å². The molecule has 4 rings (SSSR count). The van der Waals surface area contributed by atoms with Gasteiger partial charge in [0.15, 0.2) is 9.84 Å². The number of rotatable bonds is 3. The normalized spacial score (nSPS) is 26.5. The van der Waals surface area contributed by atoms with Gasteiger partial charge in [0.25, 0.3) is 11.8 Å². The van der Waals surface area contributed by atoms with E-state index in [0.717, 1.165) is 28.3 Å². The van der Waals surface area contributed by atoms with Gasteiger partial charge in [0.05, 0.1) is 33.7 Å². The number of thiocarbonyl (C=S) groups is 1. The van der Waals surface area contributed by atoms with Gasteiger partial charge < -0.3 is 4.90 Å². The Kier molecular flexibility index (Phi) is 5.18. The van der Waals surface area contributed by atoms with E-state index in [9.17, 15) is 18.0 Å². The molecule has 0 aliphatic carbocycles. The number of nitrogens with zero attached hydrogens (tertiary/aromatic N) is 2. The summed E-state index contributed by atoms with van der Waals surface area (Å²) in [5, 5.41) is 0. The van der Waals surface area contributed by atoms with Crippen LogP contribution < -0.4 is 4.90 Å². The number of amides is 2. The highest BCUT2D eigenvalue weighted by Crippen LogP contribution is 2.46. The predicted molar refractivity (Wildman–Crippen MR) is 118 cm³/mol. The second kappa shape index (κ2) is 7.23. The van der Waals surface area contributed by atoms with Crippen molar-refractivity contribution < 1.29 is 18.0 Å². The third kappa shape index (κ3) is 3.24. The van der Waals surface area contributed by atoms with Crippen molar-refractivity contribution in [3.8, 4) is 0 Å². The summed E-state index contributed by atoms with van der Waals surface area (Å²) in [6.07, 6.45) is 1.16. The lowest BCUT2D eigenvalue weighted by molar-refractivity contribution is -0.123. The van der Waals surface area contributed by atoms with E-state index < -0.39 is 15.9 Å². The van der Waals surface area contributed by atoms with E-state index in [0.29, 0.717) is 28.4 Å². The summed E-state index contributed by atoms with van der Waals surface area (Å²) in [6.45, 7) is 2.54. The van der Waals surface area contributed by atoms with Crippen LogP contribution in [0, 0.1) is 0 Å². The minimum absolute atomic E-state index is 0.0552. The molecule has 1 atom stereocenters. The number of benzene rings is 1. The van der Waals surface area contributed by atoms with E-state index in [-0.39, 0.29) is 28.2 Å². The lowest BCUT2D eigenvalue weighted by Crippen LogP contribution is -2.39. The summed E-state index contributed by atoms with van der Waals surface area (Å²) < 4.78 is 24.8. The largest absolute Gasteiger partial charge is 0.308 e. The fourth-order valence-electron chi connectivity index (χ4n) is 3.79. The zero-order chi connectivity index (χ0) is 20.2. The third-order valence-corrected chi connectivity index (χ3v) is 8.67. The highest BCUT2D eigenvalue weighted by molar-refractivity contribution is 9.10. The molecule has 0 bridgehead atoms. The molecule has 0 aromatic heterocycles. The van der Waals surface area contributed by atoms with Gasteiger partial charge in [-0.15, -0.1) is 0 Å². The number of thioether (sulfide) groups is 1. The molecule has 0 radical (unpaired) electrons. The van der Waals surface area contributed by atoms with Crippen LogP contribution >= 0.6 is 39.9 Å². The van der Waals surface area contributed by atoms with Gasteiger partial charge in [0.1, 0.15) is 4.32 Å². The molecule has 3 aliphatic heterocycles. The van der Waals surface area contributed by atoms with Gasteiger partial charge in [0.2, 0.25) is 0 Å². The van der Waals surface area contributed by atoms with Crippen LogP contribution in [0.2, 0.25) is 0 Å². The second-order valence-corrected chi connectivity index (χ2v) is 11.7. The minimum Gasteiger partial charge on any atom is -0.308 e. The lowest BCUT2D eigenvalue weighted by Gasteiger charge is -2.21. The van der Waals surface area contributed by atoms with Gasteiger partial charge in [-0.05, 0) is 31.0 Å². The van der Waals surface area contributed by atoms with E-state index in [1.54, 1.807) is 4.90 Å². The first-order valence-electron chi connectivity index (χ1n) is 8.85. The molecule has 0 N–H and O–H groups in total. The average molecular weight is 501 g/mol. The van der Waals surface area contributed by atoms with Crippen molar-refractivity contribution in [1.29, 1.82) is 0 Å². The van der Waals surface area contributed by atoms with E-state index in [1.807, 2.05) is 25.1 Å². The Labute approximate surface area is 181 Å². The smallest absolute Gasteiger partial charge is 0.267 e. The molecule has 148 valence electrons. The summed E-state index contributed by atoms with van der Waals surface area (Å²) in [4.78, 5) is 29.7. The Bertz CT molecular complexity index is 1050. The zero-order valence-corrected chi connectivity index (χ0v) is 19.0. The zero-order valence-electron chi connectivity index (χ0n) is 15.0. The molecular weight excluding hydrogens is 484 g/mol. The van der Waals surface area contributed by atoms with Crippen LogP contribution in [0.1, 0.15) is 25.3 Å². The standard InChI is InChI=1S/C18H17BrN2O4S3/c1-2-6-20-13-4-3-10(19)8-12(13)14(16(20)22)15-17(23)21(18(26)27-15)11-5-7-28(24,25)9-11/h3-4,8,11H,2,5-7,9H2,1H3/b15-14-/t11-/m0/s1. The predicted octanol–water partition coefficient (Wildman–Crippen LogP) is 2.96. The second-order valence-electron chi connectivity index (χ2n) is 6.92. The van der Waals surface area contributed by atoms with Crippen LogP contribution in [0.25, 0.3) is 5.57 Å². The molecule has 0 spiro atoms. The van der Waals surface area contributed by atoms with Crippen molar-refractivity contribution in [2.45, 2.75) is 25.8 Å². The van der Waals surface area contributed by atoms with Crippen LogP contribution in [0.4, 0.5) is 5.69 Å².